The van der Waals surface area contributed by atoms with Crippen LogP contribution in [0.3, 0.4) is 0 Å². The van der Waals surface area contributed by atoms with Crippen molar-refractivity contribution in [3.05, 3.63) is 17.7 Å². The summed E-state index contributed by atoms with van der Waals surface area (Å²) in [4.78, 5) is 12.5. The standard InChI is InChI=1S/C18H28N2O5.ClH/c1-11(20-18(21)16(19)12-5-7-25-8-6-12)13-9-14(22-2)17(24-4)15(10-13)23-3;/h9-12,16H,5-8,19H2,1-4H3,(H,20,21);1H. The van der Waals surface area contributed by atoms with Gasteiger partial charge in [-0.3, -0.25) is 4.79 Å². The van der Waals surface area contributed by atoms with E-state index in [1.807, 2.05) is 19.1 Å². The van der Waals surface area contributed by atoms with Crippen LogP contribution in [0, 0.1) is 5.92 Å². The molecule has 1 amide bonds. The van der Waals surface area contributed by atoms with E-state index >= 15 is 0 Å². The Balaban J connectivity index is 0.00000338. The average molecular weight is 389 g/mol. The summed E-state index contributed by atoms with van der Waals surface area (Å²) in [7, 11) is 4.68. The van der Waals surface area contributed by atoms with Crippen LogP contribution in [0.15, 0.2) is 12.1 Å². The summed E-state index contributed by atoms with van der Waals surface area (Å²) < 4.78 is 21.4. The summed E-state index contributed by atoms with van der Waals surface area (Å²) in [5.74, 6) is 1.61. The van der Waals surface area contributed by atoms with E-state index in [-0.39, 0.29) is 30.3 Å². The molecule has 1 aliphatic heterocycles. The molecular weight excluding hydrogens is 360 g/mol. The lowest BCUT2D eigenvalue weighted by Crippen LogP contribution is -2.47. The van der Waals surface area contributed by atoms with E-state index in [0.29, 0.717) is 30.5 Å². The Morgan fingerprint density at radius 3 is 2.15 bits per heavy atom. The minimum absolute atomic E-state index is 0. The molecule has 1 aromatic carbocycles. The molecule has 0 saturated carbocycles. The highest BCUT2D eigenvalue weighted by atomic mass is 35.5. The molecule has 0 aromatic heterocycles. The van der Waals surface area contributed by atoms with Crippen molar-refractivity contribution in [1.82, 2.24) is 5.32 Å². The number of nitrogens with two attached hydrogens (primary N) is 1. The van der Waals surface area contributed by atoms with Crippen molar-refractivity contribution < 1.29 is 23.7 Å². The van der Waals surface area contributed by atoms with Crippen molar-refractivity contribution in [3.8, 4) is 17.2 Å². The fourth-order valence-corrected chi connectivity index (χ4v) is 3.03. The molecule has 1 aromatic rings. The predicted octanol–water partition coefficient (Wildman–Crippen LogP) is 2.07. The van der Waals surface area contributed by atoms with Crippen LogP contribution in [-0.4, -0.2) is 46.5 Å². The quantitative estimate of drug-likeness (QED) is 0.742. The molecule has 2 atom stereocenters. The fourth-order valence-electron chi connectivity index (χ4n) is 3.03. The second kappa shape index (κ2) is 10.4. The van der Waals surface area contributed by atoms with Crippen molar-refractivity contribution in [3.63, 3.8) is 0 Å². The number of carbonyl (C=O) groups is 1. The highest BCUT2D eigenvalue weighted by Crippen LogP contribution is 2.39. The maximum Gasteiger partial charge on any atom is 0.237 e. The zero-order valence-electron chi connectivity index (χ0n) is 15.7. The van der Waals surface area contributed by atoms with E-state index in [4.69, 9.17) is 24.7 Å². The molecule has 3 N–H and O–H groups in total. The van der Waals surface area contributed by atoms with Gasteiger partial charge in [0, 0.05) is 13.2 Å². The third-order valence-electron chi connectivity index (χ3n) is 4.62. The number of amides is 1. The summed E-state index contributed by atoms with van der Waals surface area (Å²) in [5, 5.41) is 2.98. The summed E-state index contributed by atoms with van der Waals surface area (Å²) in [6.07, 6.45) is 1.63. The minimum atomic E-state index is -0.534. The summed E-state index contributed by atoms with van der Waals surface area (Å²) >= 11 is 0. The van der Waals surface area contributed by atoms with Gasteiger partial charge in [0.15, 0.2) is 11.5 Å². The maximum absolute atomic E-state index is 12.5. The van der Waals surface area contributed by atoms with Crippen LogP contribution in [0.25, 0.3) is 0 Å². The van der Waals surface area contributed by atoms with Gasteiger partial charge >= 0.3 is 0 Å². The molecule has 0 spiro atoms. The van der Waals surface area contributed by atoms with E-state index in [1.54, 1.807) is 21.3 Å². The third kappa shape index (κ3) is 5.16. The zero-order valence-corrected chi connectivity index (χ0v) is 16.6. The van der Waals surface area contributed by atoms with Gasteiger partial charge in [-0.1, -0.05) is 0 Å². The van der Waals surface area contributed by atoms with Crippen LogP contribution in [0.5, 0.6) is 17.2 Å². The van der Waals surface area contributed by atoms with Crippen LogP contribution in [-0.2, 0) is 9.53 Å². The highest BCUT2D eigenvalue weighted by molar-refractivity contribution is 5.85. The van der Waals surface area contributed by atoms with E-state index in [0.717, 1.165) is 18.4 Å². The van der Waals surface area contributed by atoms with Gasteiger partial charge in [0.05, 0.1) is 33.4 Å². The Morgan fingerprint density at radius 1 is 1.15 bits per heavy atom. The number of benzene rings is 1. The van der Waals surface area contributed by atoms with E-state index in [2.05, 4.69) is 5.32 Å². The van der Waals surface area contributed by atoms with Crippen LogP contribution >= 0.6 is 12.4 Å². The summed E-state index contributed by atoms with van der Waals surface area (Å²) in [6, 6.07) is 2.87. The maximum atomic E-state index is 12.5. The van der Waals surface area contributed by atoms with Crippen molar-refractivity contribution >= 4 is 18.3 Å². The number of halogens is 1. The second-order valence-corrected chi connectivity index (χ2v) is 6.16. The van der Waals surface area contributed by atoms with Crippen LogP contribution in [0.2, 0.25) is 0 Å². The highest BCUT2D eigenvalue weighted by Gasteiger charge is 2.28. The molecule has 1 aliphatic rings. The average Bonchev–Trinajstić information content (AvgIpc) is 2.66. The molecule has 2 rings (SSSR count). The lowest BCUT2D eigenvalue weighted by molar-refractivity contribution is -0.125. The Hall–Kier alpha value is -1.70. The Labute approximate surface area is 160 Å². The lowest BCUT2D eigenvalue weighted by Gasteiger charge is -2.28. The van der Waals surface area contributed by atoms with Gasteiger partial charge in [-0.15, -0.1) is 12.4 Å². The lowest BCUT2D eigenvalue weighted by atomic mass is 9.91. The first-order valence-corrected chi connectivity index (χ1v) is 8.45. The molecule has 2 unspecified atom stereocenters. The van der Waals surface area contributed by atoms with Gasteiger partial charge in [-0.2, -0.15) is 0 Å². The van der Waals surface area contributed by atoms with Crippen LogP contribution in [0.4, 0.5) is 0 Å². The molecule has 0 aliphatic carbocycles. The predicted molar refractivity (Wildman–Crippen MR) is 101 cm³/mol. The molecule has 8 heteroatoms. The minimum Gasteiger partial charge on any atom is -0.493 e. The first-order valence-electron chi connectivity index (χ1n) is 8.45. The molecule has 1 saturated heterocycles. The van der Waals surface area contributed by atoms with E-state index < -0.39 is 6.04 Å². The number of nitrogens with one attached hydrogen (secondary N) is 1. The van der Waals surface area contributed by atoms with Crippen molar-refractivity contribution in [2.24, 2.45) is 11.7 Å². The van der Waals surface area contributed by atoms with Crippen LogP contribution < -0.4 is 25.3 Å². The smallest absolute Gasteiger partial charge is 0.237 e. The largest absolute Gasteiger partial charge is 0.493 e. The normalized spacial score (nSPS) is 16.8. The van der Waals surface area contributed by atoms with Gasteiger partial charge in [0.25, 0.3) is 0 Å². The molecule has 1 heterocycles. The topological polar surface area (TPSA) is 92.0 Å². The van der Waals surface area contributed by atoms with Gasteiger partial charge < -0.3 is 30.0 Å². The van der Waals surface area contributed by atoms with Gasteiger partial charge in [0.2, 0.25) is 11.7 Å². The molecule has 7 nitrogen and oxygen atoms in total. The molecule has 148 valence electrons. The SMILES string of the molecule is COc1cc(C(C)NC(=O)C(N)C2CCOCC2)cc(OC)c1OC.Cl. The molecular formula is C18H29ClN2O5. The van der Waals surface area contributed by atoms with E-state index in [9.17, 15) is 4.79 Å². The van der Waals surface area contributed by atoms with Gasteiger partial charge in [-0.25, -0.2) is 0 Å². The number of methoxy groups -OCH3 is 3. The first-order chi connectivity index (χ1) is 12.0. The summed E-state index contributed by atoms with van der Waals surface area (Å²) in [6.45, 7) is 3.22. The van der Waals surface area contributed by atoms with Crippen molar-refractivity contribution in [2.45, 2.75) is 31.8 Å². The van der Waals surface area contributed by atoms with Gasteiger partial charge in [0.1, 0.15) is 0 Å². The number of ether oxygens (including phenoxy) is 4. The Bertz CT molecular complexity index is 568. The number of rotatable bonds is 7. The van der Waals surface area contributed by atoms with E-state index in [1.165, 1.54) is 0 Å². The second-order valence-electron chi connectivity index (χ2n) is 6.16. The first kappa shape index (κ1) is 22.3. The fraction of sp³-hybridized carbons (Fsp3) is 0.611. The van der Waals surface area contributed by atoms with Gasteiger partial charge in [-0.05, 0) is 43.4 Å². The Kier molecular flexibility index (Phi) is 8.98. The molecule has 1 fully saturated rings. The molecule has 0 bridgehead atoms. The number of hydrogen-bond donors (Lipinski definition) is 2. The zero-order chi connectivity index (χ0) is 18.4. The Morgan fingerprint density at radius 2 is 1.69 bits per heavy atom. The van der Waals surface area contributed by atoms with Crippen molar-refractivity contribution in [2.75, 3.05) is 34.5 Å². The molecule has 26 heavy (non-hydrogen) atoms. The van der Waals surface area contributed by atoms with Crippen molar-refractivity contribution in [1.29, 1.82) is 0 Å². The van der Waals surface area contributed by atoms with Crippen LogP contribution in [0.1, 0.15) is 31.4 Å². The summed E-state index contributed by atoms with van der Waals surface area (Å²) in [5.41, 5.74) is 6.99. The third-order valence-corrected chi connectivity index (χ3v) is 4.62. The number of hydrogen-bond acceptors (Lipinski definition) is 6. The molecule has 0 radical (unpaired) electrons. The number of carbonyl (C=O) groups excluding carboxylic acids is 1. The monoisotopic (exact) mass is 388 g/mol.